The fourth-order valence-corrected chi connectivity index (χ4v) is 7.03. The molecule has 1 aromatic heterocycles. The molecule has 3 aromatic rings. The van der Waals surface area contributed by atoms with E-state index in [1.54, 1.807) is 7.11 Å². The quantitative estimate of drug-likeness (QED) is 0.541. The molecule has 0 bridgehead atoms. The summed E-state index contributed by atoms with van der Waals surface area (Å²) in [5, 5.41) is 0.170. The first-order valence-corrected chi connectivity index (χ1v) is 11.1. The van der Waals surface area contributed by atoms with Crippen molar-refractivity contribution in [1.29, 1.82) is 0 Å². The topological polar surface area (TPSA) is 48.4 Å². The Morgan fingerprint density at radius 1 is 0.964 bits per heavy atom. The Kier molecular flexibility index (Phi) is 4.55. The number of fused-ring (bicyclic) bond motifs is 1. The van der Waals surface area contributed by atoms with Gasteiger partial charge >= 0.3 is 0 Å². The minimum atomic E-state index is -3.05. The summed E-state index contributed by atoms with van der Waals surface area (Å²) in [7, 11) is -1.45. The maximum Gasteiger partial charge on any atom is 0.197 e. The maximum atomic E-state index is 14.6. The van der Waals surface area contributed by atoms with E-state index in [0.29, 0.717) is 22.5 Å². The maximum absolute atomic E-state index is 14.6. The van der Waals surface area contributed by atoms with Crippen molar-refractivity contribution in [2.45, 2.75) is 31.8 Å². The molecule has 2 heterocycles. The summed E-state index contributed by atoms with van der Waals surface area (Å²) in [4.78, 5) is 4.83. The molecular weight excluding hydrogens is 369 g/mol. The van der Waals surface area contributed by atoms with E-state index in [4.69, 9.17) is 14.5 Å². The van der Waals surface area contributed by atoms with Crippen LogP contribution in [0.1, 0.15) is 32.3 Å². The number of ether oxygens (including phenoxy) is 2. The lowest BCUT2D eigenvalue weighted by molar-refractivity contribution is 0.285. The van der Waals surface area contributed by atoms with Crippen molar-refractivity contribution in [2.24, 2.45) is 0 Å². The standard InChI is InChI=1S/C23H24NO3P/c1-23(2,3)28(25)21-19(26-4)14-9-15-20(21)27-22(28)18-13-8-12-17(24-18)16-10-6-5-7-11-16/h5-15,22H,1-4H3/t22-,28?/m1/s1. The SMILES string of the molecule is COc1cccc2c1P(=O)(C(C)(C)C)[C@H](c1cccc(-c3ccccc3)n1)O2. The van der Waals surface area contributed by atoms with Gasteiger partial charge in [0.1, 0.15) is 11.5 Å². The van der Waals surface area contributed by atoms with Crippen LogP contribution in [-0.4, -0.2) is 17.2 Å². The van der Waals surface area contributed by atoms with Gasteiger partial charge in [-0.2, -0.15) is 0 Å². The van der Waals surface area contributed by atoms with Crippen molar-refractivity contribution in [3.63, 3.8) is 0 Å². The van der Waals surface area contributed by atoms with Crippen LogP contribution in [0.25, 0.3) is 11.3 Å². The van der Waals surface area contributed by atoms with Crippen LogP contribution in [-0.2, 0) is 4.57 Å². The number of rotatable bonds is 3. The molecule has 2 atom stereocenters. The second-order valence-corrected chi connectivity index (χ2v) is 11.5. The van der Waals surface area contributed by atoms with E-state index >= 15 is 0 Å². The molecule has 0 radical (unpaired) electrons. The number of hydrogen-bond donors (Lipinski definition) is 0. The third kappa shape index (κ3) is 2.84. The lowest BCUT2D eigenvalue weighted by Crippen LogP contribution is -2.25. The first kappa shape index (κ1) is 18.8. The van der Waals surface area contributed by atoms with Gasteiger partial charge in [0, 0.05) is 10.7 Å². The van der Waals surface area contributed by atoms with E-state index in [-0.39, 0.29) is 0 Å². The second-order valence-electron chi connectivity index (χ2n) is 7.92. The Balaban J connectivity index is 1.88. The largest absolute Gasteiger partial charge is 0.496 e. The number of benzene rings is 2. The predicted octanol–water partition coefficient (Wildman–Crippen LogP) is 5.64. The Hall–Kier alpha value is -2.58. The molecule has 144 valence electrons. The Labute approximate surface area is 165 Å². The Morgan fingerprint density at radius 3 is 2.36 bits per heavy atom. The van der Waals surface area contributed by atoms with E-state index < -0.39 is 18.1 Å². The monoisotopic (exact) mass is 393 g/mol. The lowest BCUT2D eigenvalue weighted by Gasteiger charge is -2.32. The van der Waals surface area contributed by atoms with Crippen molar-refractivity contribution >= 4 is 12.4 Å². The van der Waals surface area contributed by atoms with Crippen LogP contribution >= 0.6 is 7.14 Å². The highest BCUT2D eigenvalue weighted by Gasteiger charge is 2.55. The van der Waals surface area contributed by atoms with Crippen LogP contribution in [0.4, 0.5) is 0 Å². The molecule has 28 heavy (non-hydrogen) atoms. The van der Waals surface area contributed by atoms with Crippen molar-refractivity contribution in [1.82, 2.24) is 4.98 Å². The zero-order valence-electron chi connectivity index (χ0n) is 16.5. The highest BCUT2D eigenvalue weighted by Crippen LogP contribution is 2.72. The summed E-state index contributed by atoms with van der Waals surface area (Å²) in [5.41, 5.74) is 2.53. The van der Waals surface area contributed by atoms with Gasteiger partial charge in [0.25, 0.3) is 0 Å². The molecule has 0 N–H and O–H groups in total. The summed E-state index contributed by atoms with van der Waals surface area (Å²) in [6, 6.07) is 21.3. The molecule has 1 aliphatic heterocycles. The van der Waals surface area contributed by atoms with E-state index in [2.05, 4.69) is 0 Å². The summed E-state index contributed by atoms with van der Waals surface area (Å²) in [6.45, 7) is 5.98. The zero-order valence-corrected chi connectivity index (χ0v) is 17.4. The second kappa shape index (κ2) is 6.79. The summed E-state index contributed by atoms with van der Waals surface area (Å²) < 4.78 is 26.4. The molecule has 0 fully saturated rings. The molecule has 0 amide bonds. The van der Waals surface area contributed by atoms with Crippen molar-refractivity contribution in [3.05, 3.63) is 72.4 Å². The fourth-order valence-electron chi connectivity index (χ4n) is 3.69. The molecule has 0 aliphatic carbocycles. The van der Waals surface area contributed by atoms with Gasteiger partial charge in [0.15, 0.2) is 13.0 Å². The molecule has 0 saturated heterocycles. The summed E-state index contributed by atoms with van der Waals surface area (Å²) in [6.07, 6.45) is 0. The smallest absolute Gasteiger partial charge is 0.197 e. The summed E-state index contributed by atoms with van der Waals surface area (Å²) >= 11 is 0. The molecule has 4 nitrogen and oxygen atoms in total. The number of aromatic nitrogens is 1. The van der Waals surface area contributed by atoms with Crippen LogP contribution in [0.2, 0.25) is 0 Å². The molecule has 0 saturated carbocycles. The molecule has 1 unspecified atom stereocenters. The van der Waals surface area contributed by atoms with Gasteiger partial charge in [-0.1, -0.05) is 63.2 Å². The fraction of sp³-hybridized carbons (Fsp3) is 0.261. The van der Waals surface area contributed by atoms with Gasteiger partial charge in [-0.3, -0.25) is 0 Å². The predicted molar refractivity (Wildman–Crippen MR) is 113 cm³/mol. The first-order valence-electron chi connectivity index (χ1n) is 9.32. The zero-order chi connectivity index (χ0) is 19.9. The minimum absolute atomic E-state index is 0.512. The van der Waals surface area contributed by atoms with Crippen LogP contribution < -0.4 is 14.8 Å². The molecular formula is C23H24NO3P. The molecule has 5 heteroatoms. The number of hydrogen-bond acceptors (Lipinski definition) is 4. The van der Waals surface area contributed by atoms with Gasteiger partial charge in [-0.05, 0) is 24.3 Å². The first-order chi connectivity index (χ1) is 13.4. The number of nitrogens with zero attached hydrogens (tertiary/aromatic N) is 1. The van der Waals surface area contributed by atoms with Crippen molar-refractivity contribution in [3.8, 4) is 22.8 Å². The van der Waals surface area contributed by atoms with Crippen molar-refractivity contribution < 1.29 is 14.0 Å². The van der Waals surface area contributed by atoms with Crippen LogP contribution in [0.3, 0.4) is 0 Å². The average Bonchev–Trinajstić information content (AvgIpc) is 3.03. The van der Waals surface area contributed by atoms with Gasteiger partial charge in [-0.25, -0.2) is 4.98 Å². The summed E-state index contributed by atoms with van der Waals surface area (Å²) in [5.74, 6) is 0.592. The molecule has 1 aliphatic rings. The third-order valence-electron chi connectivity index (χ3n) is 5.17. The van der Waals surface area contributed by atoms with E-state index in [0.717, 1.165) is 11.3 Å². The van der Waals surface area contributed by atoms with E-state index in [1.807, 2.05) is 87.5 Å². The molecule has 4 rings (SSSR count). The van der Waals surface area contributed by atoms with Crippen LogP contribution in [0.15, 0.2) is 66.7 Å². The van der Waals surface area contributed by atoms with Crippen LogP contribution in [0, 0.1) is 0 Å². The van der Waals surface area contributed by atoms with Gasteiger partial charge < -0.3 is 14.0 Å². The molecule has 2 aromatic carbocycles. The van der Waals surface area contributed by atoms with Crippen LogP contribution in [0.5, 0.6) is 11.5 Å². The van der Waals surface area contributed by atoms with E-state index in [1.165, 1.54) is 0 Å². The molecule has 0 spiro atoms. The van der Waals surface area contributed by atoms with Crippen molar-refractivity contribution in [2.75, 3.05) is 7.11 Å². The van der Waals surface area contributed by atoms with E-state index in [9.17, 15) is 4.57 Å². The van der Waals surface area contributed by atoms with Gasteiger partial charge in [0.05, 0.1) is 23.8 Å². The third-order valence-corrected chi connectivity index (χ3v) is 9.30. The van der Waals surface area contributed by atoms with Gasteiger partial charge in [-0.15, -0.1) is 0 Å². The highest BCUT2D eigenvalue weighted by molar-refractivity contribution is 7.74. The minimum Gasteiger partial charge on any atom is -0.496 e. The number of methoxy groups -OCH3 is 1. The highest BCUT2D eigenvalue weighted by atomic mass is 31.2. The van der Waals surface area contributed by atoms with Gasteiger partial charge in [0.2, 0.25) is 0 Å². The number of pyridine rings is 1. The Morgan fingerprint density at radius 2 is 1.68 bits per heavy atom. The average molecular weight is 393 g/mol. The normalized spacial score (nSPS) is 21.1. The Bertz CT molecular complexity index is 1060. The lowest BCUT2D eigenvalue weighted by atomic mass is 10.1.